The average molecular weight is 226 g/mol. The van der Waals surface area contributed by atoms with Crippen LogP contribution in [0.2, 0.25) is 0 Å². The van der Waals surface area contributed by atoms with Gasteiger partial charge in [-0.15, -0.1) is 0 Å². The molecule has 0 radical (unpaired) electrons. The highest BCUT2D eigenvalue weighted by atomic mass is 15.1. The SMILES string of the molecule is CC(C)Nc1nc2ccccc2n2ccnc12. The van der Waals surface area contributed by atoms with Crippen LogP contribution in [0.3, 0.4) is 0 Å². The van der Waals surface area contributed by atoms with Crippen molar-refractivity contribution >= 4 is 22.5 Å². The maximum Gasteiger partial charge on any atom is 0.180 e. The molecule has 0 unspecified atom stereocenters. The molecular formula is C13H14N4. The summed E-state index contributed by atoms with van der Waals surface area (Å²) < 4.78 is 2.06. The second kappa shape index (κ2) is 3.73. The first-order chi connectivity index (χ1) is 8.25. The van der Waals surface area contributed by atoms with Crippen molar-refractivity contribution in [3.63, 3.8) is 0 Å². The first-order valence-electron chi connectivity index (χ1n) is 5.74. The van der Waals surface area contributed by atoms with E-state index < -0.39 is 0 Å². The maximum absolute atomic E-state index is 4.62. The number of rotatable bonds is 2. The van der Waals surface area contributed by atoms with Crippen LogP contribution < -0.4 is 5.32 Å². The van der Waals surface area contributed by atoms with Gasteiger partial charge in [-0.25, -0.2) is 9.97 Å². The number of benzene rings is 1. The monoisotopic (exact) mass is 226 g/mol. The Morgan fingerprint density at radius 1 is 1.24 bits per heavy atom. The first-order valence-corrected chi connectivity index (χ1v) is 5.74. The van der Waals surface area contributed by atoms with Crippen molar-refractivity contribution in [2.45, 2.75) is 19.9 Å². The van der Waals surface area contributed by atoms with Crippen molar-refractivity contribution in [1.82, 2.24) is 14.4 Å². The Labute approximate surface area is 99.3 Å². The molecule has 0 fully saturated rings. The van der Waals surface area contributed by atoms with Gasteiger partial charge in [0.1, 0.15) is 0 Å². The van der Waals surface area contributed by atoms with Gasteiger partial charge in [-0.1, -0.05) is 12.1 Å². The van der Waals surface area contributed by atoms with Gasteiger partial charge in [0.25, 0.3) is 0 Å². The molecule has 17 heavy (non-hydrogen) atoms. The Morgan fingerprint density at radius 2 is 2.06 bits per heavy atom. The zero-order valence-corrected chi connectivity index (χ0v) is 9.88. The molecule has 4 nitrogen and oxygen atoms in total. The van der Waals surface area contributed by atoms with Gasteiger partial charge in [0.15, 0.2) is 11.5 Å². The van der Waals surface area contributed by atoms with E-state index in [0.29, 0.717) is 6.04 Å². The molecule has 1 N–H and O–H groups in total. The number of hydrogen-bond acceptors (Lipinski definition) is 3. The molecule has 1 aromatic carbocycles. The van der Waals surface area contributed by atoms with Crippen LogP contribution in [-0.4, -0.2) is 20.4 Å². The van der Waals surface area contributed by atoms with Crippen molar-refractivity contribution in [3.8, 4) is 0 Å². The van der Waals surface area contributed by atoms with E-state index in [1.165, 1.54) is 0 Å². The fraction of sp³-hybridized carbons (Fsp3) is 0.231. The quantitative estimate of drug-likeness (QED) is 0.730. The molecule has 0 aliphatic carbocycles. The van der Waals surface area contributed by atoms with Crippen LogP contribution in [0.25, 0.3) is 16.7 Å². The minimum absolute atomic E-state index is 0.337. The predicted molar refractivity (Wildman–Crippen MR) is 69.3 cm³/mol. The minimum Gasteiger partial charge on any atom is -0.365 e. The summed E-state index contributed by atoms with van der Waals surface area (Å²) in [6.45, 7) is 4.19. The molecule has 0 bridgehead atoms. The lowest BCUT2D eigenvalue weighted by molar-refractivity contribution is 0.890. The van der Waals surface area contributed by atoms with Gasteiger partial charge < -0.3 is 5.32 Å². The van der Waals surface area contributed by atoms with Crippen molar-refractivity contribution in [1.29, 1.82) is 0 Å². The summed E-state index contributed by atoms with van der Waals surface area (Å²) in [6.07, 6.45) is 3.76. The molecule has 0 aliphatic rings. The number of para-hydroxylation sites is 2. The Kier molecular flexibility index (Phi) is 2.21. The number of nitrogens with zero attached hydrogens (tertiary/aromatic N) is 3. The van der Waals surface area contributed by atoms with Crippen LogP contribution in [0.15, 0.2) is 36.7 Å². The second-order valence-electron chi connectivity index (χ2n) is 4.37. The molecule has 0 saturated carbocycles. The fourth-order valence-electron chi connectivity index (χ4n) is 1.98. The van der Waals surface area contributed by atoms with Crippen LogP contribution in [0.5, 0.6) is 0 Å². The summed E-state index contributed by atoms with van der Waals surface area (Å²) >= 11 is 0. The van der Waals surface area contributed by atoms with Gasteiger partial charge >= 0.3 is 0 Å². The molecule has 0 aliphatic heterocycles. The molecule has 3 rings (SSSR count). The highest BCUT2D eigenvalue weighted by molar-refractivity contribution is 5.82. The number of imidazole rings is 1. The molecule has 2 aromatic heterocycles. The summed E-state index contributed by atoms with van der Waals surface area (Å²) in [5.41, 5.74) is 2.92. The van der Waals surface area contributed by atoms with Crippen molar-refractivity contribution in [2.75, 3.05) is 5.32 Å². The van der Waals surface area contributed by atoms with Gasteiger partial charge in [0.2, 0.25) is 0 Å². The number of hydrogen-bond donors (Lipinski definition) is 1. The van der Waals surface area contributed by atoms with Crippen LogP contribution in [0.1, 0.15) is 13.8 Å². The van der Waals surface area contributed by atoms with Gasteiger partial charge in [-0.2, -0.15) is 0 Å². The highest BCUT2D eigenvalue weighted by Gasteiger charge is 2.09. The zero-order chi connectivity index (χ0) is 11.8. The van der Waals surface area contributed by atoms with Gasteiger partial charge in [-0.05, 0) is 26.0 Å². The number of anilines is 1. The van der Waals surface area contributed by atoms with Crippen LogP contribution in [-0.2, 0) is 0 Å². The van der Waals surface area contributed by atoms with E-state index in [4.69, 9.17) is 0 Å². The number of fused-ring (bicyclic) bond motifs is 3. The summed E-state index contributed by atoms with van der Waals surface area (Å²) in [4.78, 5) is 8.98. The number of aromatic nitrogens is 3. The molecule has 86 valence electrons. The standard InChI is InChI=1S/C13H14N4/c1-9(2)15-12-13-14-7-8-17(13)11-6-4-3-5-10(11)16-12/h3-9H,1-2H3,(H,15,16). The van der Waals surface area contributed by atoms with E-state index in [2.05, 4.69) is 39.6 Å². The van der Waals surface area contributed by atoms with Gasteiger partial charge in [0.05, 0.1) is 11.0 Å². The third-order valence-electron chi connectivity index (χ3n) is 2.65. The van der Waals surface area contributed by atoms with Crippen LogP contribution in [0, 0.1) is 0 Å². The van der Waals surface area contributed by atoms with E-state index in [1.807, 2.05) is 24.4 Å². The van der Waals surface area contributed by atoms with Crippen molar-refractivity contribution in [3.05, 3.63) is 36.7 Å². The molecule has 0 spiro atoms. The third kappa shape index (κ3) is 1.62. The Hall–Kier alpha value is -2.10. The summed E-state index contributed by atoms with van der Waals surface area (Å²) in [5, 5.41) is 3.33. The Balaban J connectivity index is 2.35. The largest absolute Gasteiger partial charge is 0.365 e. The fourth-order valence-corrected chi connectivity index (χ4v) is 1.98. The maximum atomic E-state index is 4.62. The Bertz CT molecular complexity index is 669. The lowest BCUT2D eigenvalue weighted by Gasteiger charge is -2.11. The summed E-state index contributed by atoms with van der Waals surface area (Å²) in [7, 11) is 0. The molecule has 3 aromatic rings. The lowest BCUT2D eigenvalue weighted by atomic mass is 10.3. The summed E-state index contributed by atoms with van der Waals surface area (Å²) in [6, 6.07) is 8.41. The van der Waals surface area contributed by atoms with E-state index >= 15 is 0 Å². The topological polar surface area (TPSA) is 42.2 Å². The number of nitrogens with one attached hydrogen (secondary N) is 1. The zero-order valence-electron chi connectivity index (χ0n) is 9.88. The highest BCUT2D eigenvalue weighted by Crippen LogP contribution is 2.20. The first kappa shape index (κ1) is 10.1. The van der Waals surface area contributed by atoms with Crippen molar-refractivity contribution in [2.24, 2.45) is 0 Å². The minimum atomic E-state index is 0.337. The van der Waals surface area contributed by atoms with Crippen LogP contribution >= 0.6 is 0 Å². The van der Waals surface area contributed by atoms with E-state index in [1.54, 1.807) is 6.20 Å². The lowest BCUT2D eigenvalue weighted by Crippen LogP contribution is -2.12. The molecule has 0 amide bonds. The Morgan fingerprint density at radius 3 is 2.88 bits per heavy atom. The second-order valence-corrected chi connectivity index (χ2v) is 4.37. The predicted octanol–water partition coefficient (Wildman–Crippen LogP) is 2.70. The average Bonchev–Trinajstić information content (AvgIpc) is 2.78. The molecule has 2 heterocycles. The molecule has 4 heteroatoms. The third-order valence-corrected chi connectivity index (χ3v) is 2.65. The van der Waals surface area contributed by atoms with Crippen LogP contribution in [0.4, 0.5) is 5.82 Å². The smallest absolute Gasteiger partial charge is 0.180 e. The van der Waals surface area contributed by atoms with E-state index in [9.17, 15) is 0 Å². The van der Waals surface area contributed by atoms with E-state index in [-0.39, 0.29) is 0 Å². The van der Waals surface area contributed by atoms with Gasteiger partial charge in [0, 0.05) is 18.4 Å². The normalized spacial score (nSPS) is 11.5. The van der Waals surface area contributed by atoms with E-state index in [0.717, 1.165) is 22.5 Å². The molecular weight excluding hydrogens is 212 g/mol. The summed E-state index contributed by atoms with van der Waals surface area (Å²) in [5.74, 6) is 0.837. The van der Waals surface area contributed by atoms with Gasteiger partial charge in [-0.3, -0.25) is 4.40 Å². The molecule has 0 atom stereocenters. The molecule has 0 saturated heterocycles. The van der Waals surface area contributed by atoms with Crippen molar-refractivity contribution < 1.29 is 0 Å².